The Morgan fingerprint density at radius 2 is 1.88 bits per heavy atom. The Labute approximate surface area is 141 Å². The maximum atomic E-state index is 12.3. The molecule has 4 heteroatoms. The molecule has 1 unspecified atom stereocenters. The number of para-hydroxylation sites is 1. The molecule has 4 nitrogen and oxygen atoms in total. The summed E-state index contributed by atoms with van der Waals surface area (Å²) in [5.41, 5.74) is 5.69. The van der Waals surface area contributed by atoms with Crippen molar-refractivity contribution in [2.75, 3.05) is 5.32 Å². The Balaban J connectivity index is 1.82. The maximum absolute atomic E-state index is 12.3. The molecule has 1 atom stereocenters. The van der Waals surface area contributed by atoms with Crippen LogP contribution in [-0.2, 0) is 4.79 Å². The Morgan fingerprint density at radius 1 is 1.08 bits per heavy atom. The zero-order valence-electron chi connectivity index (χ0n) is 13.8. The van der Waals surface area contributed by atoms with Crippen molar-refractivity contribution in [1.82, 2.24) is 9.78 Å². The van der Waals surface area contributed by atoms with E-state index in [2.05, 4.69) is 42.5 Å². The Hall–Kier alpha value is -2.88. The molecule has 24 heavy (non-hydrogen) atoms. The molecular formula is C20H19N3O. The van der Waals surface area contributed by atoms with Gasteiger partial charge in [0.15, 0.2) is 0 Å². The molecule has 3 aromatic rings. The summed E-state index contributed by atoms with van der Waals surface area (Å²) in [6.07, 6.45) is 2.33. The van der Waals surface area contributed by atoms with Crippen molar-refractivity contribution >= 4 is 11.7 Å². The number of hydrogen-bond donors (Lipinski definition) is 1. The molecule has 0 bridgehead atoms. The maximum Gasteiger partial charge on any atom is 0.226 e. The predicted octanol–water partition coefficient (Wildman–Crippen LogP) is 3.96. The van der Waals surface area contributed by atoms with Crippen molar-refractivity contribution in [3.63, 3.8) is 0 Å². The van der Waals surface area contributed by atoms with E-state index in [-0.39, 0.29) is 11.8 Å². The second-order valence-corrected chi connectivity index (χ2v) is 6.34. The summed E-state index contributed by atoms with van der Waals surface area (Å²) >= 11 is 0. The number of carbonyl (C=O) groups is 1. The Bertz CT molecular complexity index is 912. The van der Waals surface area contributed by atoms with Crippen LogP contribution in [0.2, 0.25) is 0 Å². The fourth-order valence-corrected chi connectivity index (χ4v) is 3.26. The van der Waals surface area contributed by atoms with Crippen LogP contribution in [0.25, 0.3) is 5.69 Å². The smallest absolute Gasteiger partial charge is 0.226 e. The third-order valence-corrected chi connectivity index (χ3v) is 4.75. The molecule has 0 aliphatic carbocycles. The first-order chi connectivity index (χ1) is 11.6. The summed E-state index contributed by atoms with van der Waals surface area (Å²) < 4.78 is 1.81. The Kier molecular flexibility index (Phi) is 3.45. The molecule has 1 aliphatic rings. The van der Waals surface area contributed by atoms with Gasteiger partial charge in [-0.2, -0.15) is 5.10 Å². The van der Waals surface area contributed by atoms with Crippen molar-refractivity contribution in [3.05, 3.63) is 77.0 Å². The van der Waals surface area contributed by atoms with Crippen LogP contribution in [0.3, 0.4) is 0 Å². The van der Waals surface area contributed by atoms with Crippen LogP contribution >= 0.6 is 0 Å². The summed E-state index contributed by atoms with van der Waals surface area (Å²) in [7, 11) is 0. The zero-order chi connectivity index (χ0) is 16.7. The number of rotatable bonds is 2. The number of nitrogens with zero attached hydrogens (tertiary/aromatic N) is 2. The number of aromatic nitrogens is 2. The van der Waals surface area contributed by atoms with Crippen molar-refractivity contribution in [2.45, 2.75) is 26.2 Å². The molecule has 2 heterocycles. The molecule has 0 saturated heterocycles. The third-order valence-electron chi connectivity index (χ3n) is 4.75. The average Bonchev–Trinajstić information content (AvgIpc) is 3.01. The summed E-state index contributed by atoms with van der Waals surface area (Å²) in [5, 5.41) is 7.51. The molecule has 1 aromatic heterocycles. The predicted molar refractivity (Wildman–Crippen MR) is 94.6 cm³/mol. The van der Waals surface area contributed by atoms with E-state index in [9.17, 15) is 4.79 Å². The second kappa shape index (κ2) is 5.64. The fourth-order valence-electron chi connectivity index (χ4n) is 3.26. The van der Waals surface area contributed by atoms with Gasteiger partial charge in [-0.15, -0.1) is 0 Å². The van der Waals surface area contributed by atoms with Crippen LogP contribution in [0.1, 0.15) is 34.6 Å². The summed E-state index contributed by atoms with van der Waals surface area (Å²) in [6, 6.07) is 16.3. The van der Waals surface area contributed by atoms with Crippen molar-refractivity contribution in [1.29, 1.82) is 0 Å². The van der Waals surface area contributed by atoms with E-state index in [1.54, 1.807) is 4.68 Å². The summed E-state index contributed by atoms with van der Waals surface area (Å²) in [6.45, 7) is 4.21. The van der Waals surface area contributed by atoms with Crippen LogP contribution in [0.4, 0.5) is 5.82 Å². The van der Waals surface area contributed by atoms with Crippen LogP contribution < -0.4 is 5.32 Å². The minimum atomic E-state index is 0.0309. The topological polar surface area (TPSA) is 46.9 Å². The van der Waals surface area contributed by atoms with E-state index in [4.69, 9.17) is 0 Å². The first-order valence-electron chi connectivity index (χ1n) is 8.14. The van der Waals surface area contributed by atoms with Crippen molar-refractivity contribution in [3.8, 4) is 5.69 Å². The van der Waals surface area contributed by atoms with Crippen LogP contribution in [0, 0.1) is 13.8 Å². The number of amides is 1. The molecule has 2 aromatic carbocycles. The number of aryl methyl sites for hydroxylation is 2. The van der Waals surface area contributed by atoms with Gasteiger partial charge < -0.3 is 5.32 Å². The van der Waals surface area contributed by atoms with Gasteiger partial charge >= 0.3 is 0 Å². The quantitative estimate of drug-likeness (QED) is 0.777. The van der Waals surface area contributed by atoms with E-state index >= 15 is 0 Å². The van der Waals surface area contributed by atoms with Gasteiger partial charge in [0.1, 0.15) is 5.82 Å². The second-order valence-electron chi connectivity index (χ2n) is 6.34. The van der Waals surface area contributed by atoms with E-state index in [1.807, 2.05) is 36.5 Å². The number of hydrogen-bond acceptors (Lipinski definition) is 2. The molecule has 0 spiro atoms. The molecule has 1 aliphatic heterocycles. The summed E-state index contributed by atoms with van der Waals surface area (Å²) in [4.78, 5) is 12.3. The normalized spacial score (nSPS) is 16.6. The SMILES string of the molecule is Cc1ccc(C2CC(=O)Nc3c2cnn3-c2ccccc2)cc1C. The highest BCUT2D eigenvalue weighted by Crippen LogP contribution is 2.38. The van der Waals surface area contributed by atoms with E-state index in [0.717, 1.165) is 17.1 Å². The van der Waals surface area contributed by atoms with Gasteiger partial charge in [-0.05, 0) is 42.7 Å². The van der Waals surface area contributed by atoms with Gasteiger partial charge in [-0.3, -0.25) is 4.79 Å². The average molecular weight is 317 g/mol. The summed E-state index contributed by atoms with van der Waals surface area (Å²) in [5.74, 6) is 0.856. The molecule has 4 rings (SSSR count). The minimum Gasteiger partial charge on any atom is -0.310 e. The Morgan fingerprint density at radius 3 is 2.62 bits per heavy atom. The molecule has 1 N–H and O–H groups in total. The monoisotopic (exact) mass is 317 g/mol. The number of anilines is 1. The van der Waals surface area contributed by atoms with Crippen LogP contribution in [0.5, 0.6) is 0 Å². The van der Waals surface area contributed by atoms with Crippen molar-refractivity contribution < 1.29 is 4.79 Å². The van der Waals surface area contributed by atoms with Gasteiger partial charge in [-0.1, -0.05) is 36.4 Å². The first-order valence-corrected chi connectivity index (χ1v) is 8.14. The van der Waals surface area contributed by atoms with Gasteiger partial charge in [-0.25, -0.2) is 4.68 Å². The highest BCUT2D eigenvalue weighted by molar-refractivity contribution is 5.94. The number of nitrogens with one attached hydrogen (secondary N) is 1. The van der Waals surface area contributed by atoms with Gasteiger partial charge in [0.2, 0.25) is 5.91 Å². The van der Waals surface area contributed by atoms with Gasteiger partial charge in [0, 0.05) is 17.9 Å². The lowest BCUT2D eigenvalue weighted by molar-refractivity contribution is -0.116. The molecule has 120 valence electrons. The van der Waals surface area contributed by atoms with Crippen molar-refractivity contribution in [2.24, 2.45) is 0 Å². The third kappa shape index (κ3) is 2.40. The van der Waals surface area contributed by atoms with Crippen LogP contribution in [-0.4, -0.2) is 15.7 Å². The molecular weight excluding hydrogens is 298 g/mol. The highest BCUT2D eigenvalue weighted by Gasteiger charge is 2.30. The van der Waals surface area contributed by atoms with Crippen LogP contribution in [0.15, 0.2) is 54.7 Å². The zero-order valence-corrected chi connectivity index (χ0v) is 13.8. The molecule has 1 amide bonds. The van der Waals surface area contributed by atoms with E-state index in [1.165, 1.54) is 16.7 Å². The van der Waals surface area contributed by atoms with Gasteiger partial charge in [0.05, 0.1) is 11.9 Å². The minimum absolute atomic E-state index is 0.0309. The van der Waals surface area contributed by atoms with Gasteiger partial charge in [0.25, 0.3) is 0 Å². The molecule has 0 fully saturated rings. The lowest BCUT2D eigenvalue weighted by atomic mass is 9.86. The number of fused-ring (bicyclic) bond motifs is 1. The molecule has 0 radical (unpaired) electrons. The lowest BCUT2D eigenvalue weighted by Crippen LogP contribution is -2.24. The largest absolute Gasteiger partial charge is 0.310 e. The number of carbonyl (C=O) groups excluding carboxylic acids is 1. The lowest BCUT2D eigenvalue weighted by Gasteiger charge is -2.24. The van der Waals surface area contributed by atoms with E-state index in [0.29, 0.717) is 6.42 Å². The standard InChI is InChI=1S/C20H19N3O/c1-13-8-9-15(10-14(13)2)17-11-19(24)22-20-18(17)12-21-23(20)16-6-4-3-5-7-16/h3-10,12,17H,11H2,1-2H3,(H,22,24). The molecule has 0 saturated carbocycles. The fraction of sp³-hybridized carbons (Fsp3) is 0.200. The highest BCUT2D eigenvalue weighted by atomic mass is 16.1. The van der Waals surface area contributed by atoms with E-state index < -0.39 is 0 Å². The first kappa shape index (κ1) is 14.7. The number of benzene rings is 2.